The van der Waals surface area contributed by atoms with Crippen molar-refractivity contribution < 1.29 is 27.6 Å². The van der Waals surface area contributed by atoms with E-state index in [1.807, 2.05) is 0 Å². The number of nitro groups is 1. The van der Waals surface area contributed by atoms with E-state index in [4.69, 9.17) is 4.98 Å². The van der Waals surface area contributed by atoms with Crippen molar-refractivity contribution in [2.45, 2.75) is 64.9 Å². The summed E-state index contributed by atoms with van der Waals surface area (Å²) in [6, 6.07) is 3.90. The van der Waals surface area contributed by atoms with Gasteiger partial charge in [0.05, 0.1) is 11.8 Å². The number of pyridine rings is 1. The van der Waals surface area contributed by atoms with Gasteiger partial charge >= 0.3 is 6.36 Å². The predicted octanol–water partition coefficient (Wildman–Crippen LogP) is 5.02. The minimum Gasteiger partial charge on any atom is -0.406 e. The summed E-state index contributed by atoms with van der Waals surface area (Å²) in [5, 5.41) is 18.6. The lowest BCUT2D eigenvalue weighted by molar-refractivity contribution is -0.563. The van der Waals surface area contributed by atoms with Crippen molar-refractivity contribution in [2.24, 2.45) is 11.3 Å². The molecule has 4 heterocycles. The van der Waals surface area contributed by atoms with E-state index in [0.29, 0.717) is 11.4 Å². The van der Waals surface area contributed by atoms with Gasteiger partial charge in [0, 0.05) is 67.7 Å². The van der Waals surface area contributed by atoms with E-state index in [1.165, 1.54) is 30.9 Å². The molecule has 2 fully saturated rings. The van der Waals surface area contributed by atoms with E-state index in [1.54, 1.807) is 19.2 Å². The van der Waals surface area contributed by atoms with Crippen molar-refractivity contribution in [3.05, 3.63) is 46.9 Å². The smallest absolute Gasteiger partial charge is 0.406 e. The highest BCUT2D eigenvalue weighted by molar-refractivity contribution is 5.78. The van der Waals surface area contributed by atoms with Gasteiger partial charge in [0.2, 0.25) is 5.54 Å². The van der Waals surface area contributed by atoms with Gasteiger partial charge < -0.3 is 15.0 Å². The van der Waals surface area contributed by atoms with Crippen molar-refractivity contribution in [1.29, 1.82) is 0 Å². The Bertz CT molecular complexity index is 1480. The third-order valence-corrected chi connectivity index (χ3v) is 7.87. The first-order chi connectivity index (χ1) is 19.7. The SMILES string of the molecule is CC(=O)C1CCC2(CC1)CN(c1cc(Nc3cc(OC(F)(F)F)ccn3)nc(-c3cnn(CC(C)(C)[N+](=O)[O-])c3)n1)C2. The third kappa shape index (κ3) is 6.60. The maximum Gasteiger partial charge on any atom is 0.573 e. The van der Waals surface area contributed by atoms with Crippen LogP contribution in [0.5, 0.6) is 5.75 Å². The Balaban J connectivity index is 1.41. The molecule has 224 valence electrons. The van der Waals surface area contributed by atoms with Gasteiger partial charge in [-0.25, -0.2) is 15.0 Å². The second kappa shape index (κ2) is 10.8. The molecule has 0 amide bonds. The van der Waals surface area contributed by atoms with Gasteiger partial charge in [0.1, 0.15) is 35.5 Å². The van der Waals surface area contributed by atoms with Gasteiger partial charge in [-0.15, -0.1) is 13.2 Å². The quantitative estimate of drug-likeness (QED) is 0.268. The average molecular weight is 589 g/mol. The van der Waals surface area contributed by atoms with Crippen molar-refractivity contribution in [2.75, 3.05) is 23.3 Å². The molecule has 0 bridgehead atoms. The normalized spacial score (nSPS) is 17.1. The highest BCUT2D eigenvalue weighted by Gasteiger charge is 2.46. The molecule has 3 aromatic rings. The molecular weight excluding hydrogens is 557 g/mol. The van der Waals surface area contributed by atoms with Crippen LogP contribution in [0.1, 0.15) is 46.5 Å². The number of ketones is 1. The van der Waals surface area contributed by atoms with Crippen LogP contribution in [0, 0.1) is 21.4 Å². The summed E-state index contributed by atoms with van der Waals surface area (Å²) < 4.78 is 43.7. The Morgan fingerprint density at radius 1 is 1.19 bits per heavy atom. The van der Waals surface area contributed by atoms with Crippen LogP contribution in [-0.2, 0) is 11.3 Å². The van der Waals surface area contributed by atoms with E-state index < -0.39 is 17.7 Å². The number of hydrogen-bond donors (Lipinski definition) is 1. The Morgan fingerprint density at radius 3 is 2.55 bits per heavy atom. The van der Waals surface area contributed by atoms with Gasteiger partial charge in [0.15, 0.2) is 5.82 Å². The molecular formula is C27H31F3N8O4. The highest BCUT2D eigenvalue weighted by Crippen LogP contribution is 2.47. The lowest BCUT2D eigenvalue weighted by Crippen LogP contribution is -2.58. The minimum atomic E-state index is -4.85. The Hall–Kier alpha value is -4.30. The van der Waals surface area contributed by atoms with Crippen molar-refractivity contribution >= 4 is 23.2 Å². The fourth-order valence-electron chi connectivity index (χ4n) is 5.50. The standard InChI is InChI=1S/C27H31F3N8O4/c1-17(39)18-4-7-26(8-5-18)15-36(16-26)23-11-22(33-21-10-20(6-9-31-21)42-27(28,29)30)34-24(35-23)19-12-32-37(13-19)14-25(2,3)38(40)41/h6,9-13,18H,4-5,7-8,14-16H2,1-3H3,(H,31,33,34,35). The summed E-state index contributed by atoms with van der Waals surface area (Å²) >= 11 is 0. The molecule has 3 aromatic heterocycles. The van der Waals surface area contributed by atoms with Crippen LogP contribution in [0.15, 0.2) is 36.8 Å². The monoisotopic (exact) mass is 588 g/mol. The molecule has 5 rings (SSSR count). The third-order valence-electron chi connectivity index (χ3n) is 7.87. The first kappa shape index (κ1) is 29.2. The Labute approximate surface area is 239 Å². The van der Waals surface area contributed by atoms with Crippen LogP contribution in [0.4, 0.5) is 30.6 Å². The number of carbonyl (C=O) groups is 1. The number of anilines is 3. The van der Waals surface area contributed by atoms with Crippen LogP contribution >= 0.6 is 0 Å². The summed E-state index contributed by atoms with van der Waals surface area (Å²) in [4.78, 5) is 38.3. The number of halogens is 3. The largest absolute Gasteiger partial charge is 0.573 e. The zero-order valence-corrected chi connectivity index (χ0v) is 23.4. The highest BCUT2D eigenvalue weighted by atomic mass is 19.4. The predicted molar refractivity (Wildman–Crippen MR) is 146 cm³/mol. The molecule has 1 aliphatic heterocycles. The summed E-state index contributed by atoms with van der Waals surface area (Å²) in [5.74, 6) is 1.16. The zero-order chi connectivity index (χ0) is 30.3. The van der Waals surface area contributed by atoms with E-state index in [9.17, 15) is 28.1 Å². The van der Waals surface area contributed by atoms with Gasteiger partial charge in [-0.05, 0) is 38.7 Å². The molecule has 0 radical (unpaired) electrons. The number of Topliss-reactive ketones (excluding diaryl/α,β-unsaturated/α-hetero) is 1. The number of rotatable bonds is 9. The molecule has 0 aromatic carbocycles. The Morgan fingerprint density at radius 2 is 1.90 bits per heavy atom. The van der Waals surface area contributed by atoms with Crippen molar-refractivity contribution in [3.63, 3.8) is 0 Å². The first-order valence-electron chi connectivity index (χ1n) is 13.5. The lowest BCUT2D eigenvalue weighted by Gasteiger charge is -2.54. The number of aromatic nitrogens is 5. The average Bonchev–Trinajstić information content (AvgIpc) is 3.34. The first-order valence-corrected chi connectivity index (χ1v) is 13.5. The number of ether oxygens (including phenoxy) is 1. The Kier molecular flexibility index (Phi) is 7.53. The molecule has 1 aliphatic carbocycles. The second-order valence-corrected chi connectivity index (χ2v) is 11.7. The summed E-state index contributed by atoms with van der Waals surface area (Å²) in [6.45, 7) is 6.17. The zero-order valence-electron chi connectivity index (χ0n) is 23.4. The molecule has 1 N–H and O–H groups in total. The van der Waals surface area contributed by atoms with Crippen LogP contribution in [0.3, 0.4) is 0 Å². The summed E-state index contributed by atoms with van der Waals surface area (Å²) in [7, 11) is 0. The van der Waals surface area contributed by atoms with Crippen LogP contribution < -0.4 is 15.0 Å². The fraction of sp³-hybridized carbons (Fsp3) is 0.519. The number of nitrogens with one attached hydrogen (secondary N) is 1. The van der Waals surface area contributed by atoms with Gasteiger partial charge in [-0.3, -0.25) is 19.6 Å². The van der Waals surface area contributed by atoms with Crippen molar-refractivity contribution in [1.82, 2.24) is 24.7 Å². The summed E-state index contributed by atoms with van der Waals surface area (Å²) in [5.41, 5.74) is -0.631. The van der Waals surface area contributed by atoms with Gasteiger partial charge in [-0.2, -0.15) is 5.10 Å². The molecule has 15 heteroatoms. The van der Waals surface area contributed by atoms with Crippen LogP contribution in [0.2, 0.25) is 0 Å². The number of nitrogens with zero attached hydrogens (tertiary/aromatic N) is 7. The number of alkyl halides is 3. The van der Waals surface area contributed by atoms with E-state index in [-0.39, 0.29) is 46.0 Å². The van der Waals surface area contributed by atoms with E-state index in [2.05, 4.69) is 30.0 Å². The molecule has 1 saturated carbocycles. The molecule has 1 spiro atoms. The van der Waals surface area contributed by atoms with Crippen molar-refractivity contribution in [3.8, 4) is 17.1 Å². The summed E-state index contributed by atoms with van der Waals surface area (Å²) in [6.07, 6.45) is 3.09. The van der Waals surface area contributed by atoms with E-state index >= 15 is 0 Å². The molecule has 0 atom stereocenters. The molecule has 2 aliphatic rings. The molecule has 1 saturated heterocycles. The lowest BCUT2D eigenvalue weighted by atomic mass is 9.65. The van der Waals surface area contributed by atoms with E-state index in [0.717, 1.165) is 50.9 Å². The number of carbonyl (C=O) groups excluding carboxylic acids is 1. The molecule has 42 heavy (non-hydrogen) atoms. The molecule has 12 nitrogen and oxygen atoms in total. The number of hydrogen-bond acceptors (Lipinski definition) is 10. The maximum atomic E-state index is 12.7. The second-order valence-electron chi connectivity index (χ2n) is 11.7. The maximum absolute atomic E-state index is 12.7. The van der Waals surface area contributed by atoms with Crippen LogP contribution in [-0.4, -0.2) is 60.4 Å². The van der Waals surface area contributed by atoms with Gasteiger partial charge in [0.25, 0.3) is 0 Å². The minimum absolute atomic E-state index is 0.0244. The fourth-order valence-corrected chi connectivity index (χ4v) is 5.50. The van der Waals surface area contributed by atoms with Gasteiger partial charge in [-0.1, -0.05) is 0 Å². The molecule has 0 unspecified atom stereocenters. The van der Waals surface area contributed by atoms with Crippen LogP contribution in [0.25, 0.3) is 11.4 Å². The topological polar surface area (TPSA) is 141 Å².